The largest absolute Gasteiger partial charge is 0.454 e. The Kier molecular flexibility index (Phi) is 3.97. The molecule has 0 atom stereocenters. The normalized spacial score (nSPS) is 32.3. The van der Waals surface area contributed by atoms with Crippen molar-refractivity contribution in [3.63, 3.8) is 0 Å². The molecule has 24 heavy (non-hydrogen) atoms. The van der Waals surface area contributed by atoms with E-state index in [0.29, 0.717) is 0 Å². The highest BCUT2D eigenvalue weighted by Crippen LogP contribution is 2.62. The van der Waals surface area contributed by atoms with Gasteiger partial charge < -0.3 is 8.23 Å². The van der Waals surface area contributed by atoms with Gasteiger partial charge in [0, 0.05) is 9.32 Å². The second-order valence-electron chi connectivity index (χ2n) is 9.42. The lowest BCUT2D eigenvalue weighted by Gasteiger charge is -2.61. The van der Waals surface area contributed by atoms with Crippen LogP contribution in [0.5, 0.6) is 0 Å². The molecule has 0 aromatic rings. The van der Waals surface area contributed by atoms with Gasteiger partial charge in [0.25, 0.3) is 0 Å². The fourth-order valence-electron chi connectivity index (χ4n) is 5.61. The first kappa shape index (κ1) is 18.5. The molecule has 6 heteroatoms. The molecule has 2 aliphatic carbocycles. The molecule has 0 bridgehead atoms. The van der Waals surface area contributed by atoms with Crippen LogP contribution in [0.1, 0.15) is 0 Å². The molecule has 0 N–H and O–H groups in total. The molecule has 1 aliphatic heterocycles. The van der Waals surface area contributed by atoms with Gasteiger partial charge in [0.1, 0.15) is 0 Å². The second-order valence-corrected chi connectivity index (χ2v) is 27.4. The first-order valence-corrected chi connectivity index (χ1v) is 20.6. The molecule has 0 radical (unpaired) electrons. The summed E-state index contributed by atoms with van der Waals surface area (Å²) in [5.74, 6) is 0. The third-order valence-electron chi connectivity index (χ3n) is 6.66. The zero-order chi connectivity index (χ0) is 18.1. The quantitative estimate of drug-likeness (QED) is 0.495. The van der Waals surface area contributed by atoms with Crippen molar-refractivity contribution in [2.75, 3.05) is 0 Å². The van der Waals surface area contributed by atoms with E-state index in [1.165, 1.54) is 0 Å². The highest BCUT2D eigenvalue weighted by Gasteiger charge is 2.68. The van der Waals surface area contributed by atoms with Crippen molar-refractivity contribution in [2.45, 2.75) is 61.7 Å². The van der Waals surface area contributed by atoms with E-state index in [1.807, 2.05) is 0 Å². The van der Waals surface area contributed by atoms with Gasteiger partial charge in [-0.15, -0.1) is 0 Å². The Morgan fingerprint density at radius 3 is 0.875 bits per heavy atom. The van der Waals surface area contributed by atoms with Crippen molar-refractivity contribution >= 4 is 33.3 Å². The summed E-state index contributed by atoms with van der Waals surface area (Å²) in [5.41, 5.74) is 0. The molecule has 3 rings (SSSR count). The predicted octanol–water partition coefficient (Wildman–Crippen LogP) is 5.66. The van der Waals surface area contributed by atoms with Crippen molar-refractivity contribution < 1.29 is 8.23 Å². The fraction of sp³-hybridized carbons (Fsp3) is 0.556. The molecule has 132 valence electrons. The molecule has 0 amide bonds. The van der Waals surface area contributed by atoms with E-state index in [1.54, 1.807) is 0 Å². The molecule has 0 unspecified atom stereocenters. The SMILES string of the molecule is C[Si]1(C)O[Si](C)(C)C2(C=CC=C2)[Si](C)(C)O[Si](C)(C)C12C=CC=C2. The summed E-state index contributed by atoms with van der Waals surface area (Å²) >= 11 is 0. The maximum Gasteiger partial charge on any atom is 0.186 e. The maximum absolute atomic E-state index is 7.28. The van der Waals surface area contributed by atoms with Crippen LogP contribution < -0.4 is 0 Å². The molecule has 0 aromatic heterocycles. The van der Waals surface area contributed by atoms with Gasteiger partial charge in [0.15, 0.2) is 33.3 Å². The van der Waals surface area contributed by atoms with Gasteiger partial charge in [0.2, 0.25) is 0 Å². The topological polar surface area (TPSA) is 18.5 Å². The molecule has 0 aromatic carbocycles. The van der Waals surface area contributed by atoms with Gasteiger partial charge in [-0.05, 0) is 52.4 Å². The average Bonchev–Trinajstić information content (AvgIpc) is 3.07. The Bertz CT molecular complexity index is 555. The van der Waals surface area contributed by atoms with Crippen LogP contribution in [0, 0.1) is 0 Å². The summed E-state index contributed by atoms with van der Waals surface area (Å²) in [6, 6.07) is 0. The minimum atomic E-state index is -2.04. The van der Waals surface area contributed by atoms with Crippen LogP contribution in [0.2, 0.25) is 61.7 Å². The summed E-state index contributed by atoms with van der Waals surface area (Å²) in [6.07, 6.45) is 18.5. The lowest BCUT2D eigenvalue weighted by molar-refractivity contribution is 0.450. The molecule has 2 nitrogen and oxygen atoms in total. The van der Waals surface area contributed by atoms with Gasteiger partial charge in [-0.1, -0.05) is 48.6 Å². The van der Waals surface area contributed by atoms with Crippen LogP contribution in [-0.2, 0) is 8.23 Å². The van der Waals surface area contributed by atoms with E-state index in [0.717, 1.165) is 0 Å². The van der Waals surface area contributed by atoms with Crippen LogP contribution in [0.3, 0.4) is 0 Å². The summed E-state index contributed by atoms with van der Waals surface area (Å²) in [6.45, 7) is 19.3. The van der Waals surface area contributed by atoms with Crippen molar-refractivity contribution in [1.82, 2.24) is 0 Å². The van der Waals surface area contributed by atoms with Crippen LogP contribution in [0.4, 0.5) is 0 Å². The summed E-state index contributed by atoms with van der Waals surface area (Å²) in [7, 11) is -8.15. The van der Waals surface area contributed by atoms with Gasteiger partial charge in [-0.25, -0.2) is 0 Å². The summed E-state index contributed by atoms with van der Waals surface area (Å²) in [4.78, 5) is 0. The molecule has 1 saturated heterocycles. The Labute approximate surface area is 151 Å². The minimum Gasteiger partial charge on any atom is -0.454 e. The number of hydrogen-bond acceptors (Lipinski definition) is 2. The van der Waals surface area contributed by atoms with Crippen LogP contribution >= 0.6 is 0 Å². The van der Waals surface area contributed by atoms with Gasteiger partial charge in [0.05, 0.1) is 0 Å². The first-order valence-electron chi connectivity index (χ1n) is 8.97. The molecular formula is C18H32O2Si4. The smallest absolute Gasteiger partial charge is 0.186 e. The third kappa shape index (κ3) is 2.17. The highest BCUT2D eigenvalue weighted by molar-refractivity contribution is 7.08. The lowest BCUT2D eigenvalue weighted by atomic mass is 10.4. The fourth-order valence-corrected chi connectivity index (χ4v) is 35.9. The highest BCUT2D eigenvalue weighted by atomic mass is 28.5. The minimum absolute atomic E-state index is 0.0299. The zero-order valence-electron chi connectivity index (χ0n) is 16.4. The third-order valence-corrected chi connectivity index (χ3v) is 31.4. The zero-order valence-corrected chi connectivity index (χ0v) is 20.4. The lowest BCUT2D eigenvalue weighted by Crippen LogP contribution is -2.72. The molecule has 1 heterocycles. The Morgan fingerprint density at radius 1 is 0.458 bits per heavy atom. The van der Waals surface area contributed by atoms with Gasteiger partial charge in [-0.2, -0.15) is 0 Å². The van der Waals surface area contributed by atoms with E-state index >= 15 is 0 Å². The summed E-state index contributed by atoms with van der Waals surface area (Å²) in [5, 5.41) is 0. The first-order chi connectivity index (χ1) is 10.8. The summed E-state index contributed by atoms with van der Waals surface area (Å²) < 4.78 is 14.6. The number of hydrogen-bond donors (Lipinski definition) is 0. The van der Waals surface area contributed by atoms with E-state index in [4.69, 9.17) is 8.23 Å². The van der Waals surface area contributed by atoms with Gasteiger partial charge in [-0.3, -0.25) is 0 Å². The Balaban J connectivity index is 2.25. The average molecular weight is 393 g/mol. The van der Waals surface area contributed by atoms with Gasteiger partial charge >= 0.3 is 0 Å². The molecule has 2 spiro atoms. The van der Waals surface area contributed by atoms with Crippen molar-refractivity contribution in [2.24, 2.45) is 0 Å². The van der Waals surface area contributed by atoms with Crippen molar-refractivity contribution in [3.8, 4) is 0 Å². The van der Waals surface area contributed by atoms with Crippen molar-refractivity contribution in [1.29, 1.82) is 0 Å². The van der Waals surface area contributed by atoms with E-state index in [2.05, 4.69) is 101 Å². The Hall–Kier alpha value is -0.252. The van der Waals surface area contributed by atoms with Crippen LogP contribution in [0.25, 0.3) is 0 Å². The Morgan fingerprint density at radius 2 is 0.667 bits per heavy atom. The number of rotatable bonds is 0. The molecule has 3 aliphatic rings. The molecule has 0 saturated carbocycles. The monoisotopic (exact) mass is 392 g/mol. The molecule has 1 fully saturated rings. The van der Waals surface area contributed by atoms with Crippen LogP contribution in [0.15, 0.2) is 48.6 Å². The number of allylic oxidation sites excluding steroid dienone is 8. The predicted molar refractivity (Wildman–Crippen MR) is 114 cm³/mol. The van der Waals surface area contributed by atoms with E-state index in [-0.39, 0.29) is 9.32 Å². The maximum atomic E-state index is 7.28. The van der Waals surface area contributed by atoms with Crippen molar-refractivity contribution in [3.05, 3.63) is 48.6 Å². The van der Waals surface area contributed by atoms with Crippen LogP contribution in [-0.4, -0.2) is 33.3 Å². The standard InChI is InChI=1S/C18H32O2Si4/c1-21(2)17(13-9-10-14-17)22(3,4)20-24(7,8)18(15-11-12-16-18)23(5,6)19-21/h9-16H,1-8H3. The van der Waals surface area contributed by atoms with E-state index < -0.39 is 33.3 Å². The van der Waals surface area contributed by atoms with E-state index in [9.17, 15) is 0 Å². The molecular weight excluding hydrogens is 361 g/mol. The second kappa shape index (κ2) is 5.14.